The fourth-order valence-corrected chi connectivity index (χ4v) is 3.49. The second-order valence-corrected chi connectivity index (χ2v) is 5.91. The number of hydrogen-bond donors (Lipinski definition) is 1. The van der Waals surface area contributed by atoms with Gasteiger partial charge in [-0.05, 0) is 19.3 Å². The lowest BCUT2D eigenvalue weighted by molar-refractivity contribution is 0.0576. The van der Waals surface area contributed by atoms with Crippen LogP contribution in [0, 0.1) is 0 Å². The van der Waals surface area contributed by atoms with Gasteiger partial charge in [-0.15, -0.1) is 0 Å². The van der Waals surface area contributed by atoms with E-state index in [0.717, 1.165) is 24.8 Å². The van der Waals surface area contributed by atoms with Crippen LogP contribution in [0.5, 0.6) is 0 Å². The molecule has 0 saturated heterocycles. The summed E-state index contributed by atoms with van der Waals surface area (Å²) in [5, 5.41) is 9.41. The lowest BCUT2D eigenvalue weighted by Gasteiger charge is -2.38. The molecule has 1 N–H and O–H groups in total. The summed E-state index contributed by atoms with van der Waals surface area (Å²) in [6.45, 7) is 2.79. The quantitative estimate of drug-likeness (QED) is 0.783. The van der Waals surface area contributed by atoms with Crippen molar-refractivity contribution in [2.24, 2.45) is 0 Å². The molecular weight excluding hydrogens is 262 g/mol. The average molecular weight is 289 g/mol. The van der Waals surface area contributed by atoms with Crippen molar-refractivity contribution in [1.29, 1.82) is 0 Å². The molecule has 0 aromatic heterocycles. The van der Waals surface area contributed by atoms with Crippen molar-refractivity contribution < 1.29 is 9.90 Å². The summed E-state index contributed by atoms with van der Waals surface area (Å²) in [5.41, 5.74) is 0.781. The summed E-state index contributed by atoms with van der Waals surface area (Å²) in [5.74, 6) is 0.192. The Kier molecular flexibility index (Phi) is 6.40. The summed E-state index contributed by atoms with van der Waals surface area (Å²) in [6, 6.07) is 9.88. The van der Waals surface area contributed by atoms with E-state index in [2.05, 4.69) is 11.8 Å². The molecule has 0 heterocycles. The molecule has 0 spiro atoms. The van der Waals surface area contributed by atoms with Crippen molar-refractivity contribution in [1.82, 2.24) is 4.90 Å². The van der Waals surface area contributed by atoms with E-state index in [1.54, 1.807) is 0 Å². The van der Waals surface area contributed by atoms with E-state index in [4.69, 9.17) is 0 Å². The molecule has 1 aromatic carbocycles. The Hall–Kier alpha value is -1.19. The average Bonchev–Trinajstić information content (AvgIpc) is 2.56. The minimum absolute atomic E-state index is 0.109. The van der Waals surface area contributed by atoms with E-state index < -0.39 is 0 Å². The number of aliphatic hydroxyl groups is 1. The molecule has 0 bridgehead atoms. The van der Waals surface area contributed by atoms with Crippen LogP contribution in [0.3, 0.4) is 0 Å². The zero-order valence-electron chi connectivity index (χ0n) is 13.0. The minimum Gasteiger partial charge on any atom is -0.395 e. The van der Waals surface area contributed by atoms with Gasteiger partial charge in [0.15, 0.2) is 5.78 Å². The van der Waals surface area contributed by atoms with Crippen LogP contribution < -0.4 is 0 Å². The topological polar surface area (TPSA) is 40.5 Å². The third kappa shape index (κ3) is 4.14. The Balaban J connectivity index is 2.16. The summed E-state index contributed by atoms with van der Waals surface area (Å²) >= 11 is 0. The standard InChI is InChI=1S/C18H27NO2/c1-2-17(18(21)15-9-5-3-6-10-15)19(13-14-20)16-11-7-4-8-12-16/h3,5-6,9-10,16-17,20H,2,4,7-8,11-14H2,1H3. The van der Waals surface area contributed by atoms with Crippen LogP contribution in [-0.4, -0.2) is 41.0 Å². The van der Waals surface area contributed by atoms with Crippen molar-refractivity contribution in [3.05, 3.63) is 35.9 Å². The van der Waals surface area contributed by atoms with Gasteiger partial charge in [0.25, 0.3) is 0 Å². The van der Waals surface area contributed by atoms with Crippen LogP contribution >= 0.6 is 0 Å². The number of nitrogens with zero attached hydrogens (tertiary/aromatic N) is 1. The fraction of sp³-hybridized carbons (Fsp3) is 0.611. The summed E-state index contributed by atoms with van der Waals surface area (Å²) in [7, 11) is 0. The first kappa shape index (κ1) is 16.2. The van der Waals surface area contributed by atoms with Gasteiger partial charge >= 0.3 is 0 Å². The molecule has 1 aliphatic carbocycles. The highest BCUT2D eigenvalue weighted by atomic mass is 16.3. The van der Waals surface area contributed by atoms with Gasteiger partial charge in [-0.1, -0.05) is 56.5 Å². The number of aliphatic hydroxyl groups excluding tert-OH is 1. The maximum absolute atomic E-state index is 12.8. The van der Waals surface area contributed by atoms with Gasteiger partial charge in [0, 0.05) is 18.2 Å². The van der Waals surface area contributed by atoms with Crippen molar-refractivity contribution in [2.75, 3.05) is 13.2 Å². The Morgan fingerprint density at radius 1 is 1.24 bits per heavy atom. The normalized spacial score (nSPS) is 17.9. The molecule has 1 unspecified atom stereocenters. The predicted molar refractivity (Wildman–Crippen MR) is 85.5 cm³/mol. The second-order valence-electron chi connectivity index (χ2n) is 5.91. The van der Waals surface area contributed by atoms with Gasteiger partial charge in [0.1, 0.15) is 0 Å². The zero-order valence-corrected chi connectivity index (χ0v) is 13.0. The van der Waals surface area contributed by atoms with Crippen LogP contribution in [0.2, 0.25) is 0 Å². The van der Waals surface area contributed by atoms with Gasteiger partial charge in [-0.2, -0.15) is 0 Å². The molecule has 0 radical (unpaired) electrons. The van der Waals surface area contributed by atoms with Crippen molar-refractivity contribution >= 4 is 5.78 Å². The van der Waals surface area contributed by atoms with Crippen LogP contribution in [0.1, 0.15) is 55.8 Å². The van der Waals surface area contributed by atoms with Crippen molar-refractivity contribution in [2.45, 2.75) is 57.5 Å². The van der Waals surface area contributed by atoms with E-state index in [0.29, 0.717) is 12.6 Å². The third-order valence-electron chi connectivity index (χ3n) is 4.55. The fourth-order valence-electron chi connectivity index (χ4n) is 3.49. The Bertz CT molecular complexity index is 426. The molecule has 1 atom stereocenters. The number of Topliss-reactive ketones (excluding diaryl/α,β-unsaturated/α-hetero) is 1. The summed E-state index contributed by atoms with van der Waals surface area (Å²) in [6.07, 6.45) is 6.87. The predicted octanol–water partition coefficient (Wildman–Crippen LogP) is 3.27. The monoisotopic (exact) mass is 289 g/mol. The SMILES string of the molecule is CCC(C(=O)c1ccccc1)N(CCO)C1CCCCC1. The second kappa shape index (κ2) is 8.30. The number of carbonyl (C=O) groups is 1. The maximum atomic E-state index is 12.8. The zero-order chi connectivity index (χ0) is 15.1. The molecule has 1 aliphatic rings. The lowest BCUT2D eigenvalue weighted by atomic mass is 9.91. The van der Waals surface area contributed by atoms with Crippen LogP contribution in [-0.2, 0) is 0 Å². The number of ketones is 1. The lowest BCUT2D eigenvalue weighted by Crippen LogP contribution is -2.49. The van der Waals surface area contributed by atoms with E-state index in [9.17, 15) is 9.90 Å². The summed E-state index contributed by atoms with van der Waals surface area (Å²) in [4.78, 5) is 15.1. The highest BCUT2D eigenvalue weighted by Gasteiger charge is 2.31. The molecule has 0 amide bonds. The number of benzene rings is 1. The first-order valence-corrected chi connectivity index (χ1v) is 8.23. The Labute approximate surface area is 128 Å². The van der Waals surface area contributed by atoms with Gasteiger partial charge in [-0.25, -0.2) is 0 Å². The molecule has 1 aromatic rings. The number of hydrogen-bond acceptors (Lipinski definition) is 3. The first-order chi connectivity index (χ1) is 10.3. The smallest absolute Gasteiger partial charge is 0.179 e. The van der Waals surface area contributed by atoms with Gasteiger partial charge in [-0.3, -0.25) is 9.69 Å². The van der Waals surface area contributed by atoms with Gasteiger partial charge < -0.3 is 5.11 Å². The Morgan fingerprint density at radius 2 is 1.90 bits per heavy atom. The van der Waals surface area contributed by atoms with Crippen LogP contribution in [0.15, 0.2) is 30.3 Å². The van der Waals surface area contributed by atoms with Gasteiger partial charge in [0.05, 0.1) is 12.6 Å². The highest BCUT2D eigenvalue weighted by molar-refractivity contribution is 6.00. The van der Waals surface area contributed by atoms with Gasteiger partial charge in [0.2, 0.25) is 0 Å². The van der Waals surface area contributed by atoms with Crippen LogP contribution in [0.25, 0.3) is 0 Å². The van der Waals surface area contributed by atoms with E-state index in [-0.39, 0.29) is 18.4 Å². The van der Waals surface area contributed by atoms with Crippen molar-refractivity contribution in [3.63, 3.8) is 0 Å². The Morgan fingerprint density at radius 3 is 2.48 bits per heavy atom. The number of carbonyl (C=O) groups excluding carboxylic acids is 1. The third-order valence-corrected chi connectivity index (χ3v) is 4.55. The van der Waals surface area contributed by atoms with E-state index in [1.807, 2.05) is 30.3 Å². The largest absolute Gasteiger partial charge is 0.395 e. The molecule has 3 nitrogen and oxygen atoms in total. The molecule has 0 aliphatic heterocycles. The molecule has 1 saturated carbocycles. The molecule has 3 heteroatoms. The van der Waals surface area contributed by atoms with Crippen molar-refractivity contribution in [3.8, 4) is 0 Å². The first-order valence-electron chi connectivity index (χ1n) is 8.23. The molecule has 1 fully saturated rings. The molecule has 2 rings (SSSR count). The molecule has 21 heavy (non-hydrogen) atoms. The number of rotatable bonds is 7. The van der Waals surface area contributed by atoms with E-state index in [1.165, 1.54) is 19.3 Å². The van der Waals surface area contributed by atoms with Crippen LogP contribution in [0.4, 0.5) is 0 Å². The molecule has 116 valence electrons. The minimum atomic E-state index is -0.109. The van der Waals surface area contributed by atoms with E-state index >= 15 is 0 Å². The maximum Gasteiger partial charge on any atom is 0.179 e. The molecular formula is C18H27NO2. The summed E-state index contributed by atoms with van der Waals surface area (Å²) < 4.78 is 0. The highest BCUT2D eigenvalue weighted by Crippen LogP contribution is 2.26.